The lowest BCUT2D eigenvalue weighted by atomic mass is 10.2. The Kier molecular flexibility index (Phi) is 7.80. The number of hydrogen-bond donors (Lipinski definition) is 0. The fourth-order valence-corrected chi connectivity index (χ4v) is 5.93. The number of benzene rings is 2. The largest absolute Gasteiger partial charge is 0.339 e. The van der Waals surface area contributed by atoms with Gasteiger partial charge < -0.3 is 4.90 Å². The van der Waals surface area contributed by atoms with Crippen LogP contribution in [0.5, 0.6) is 0 Å². The number of carbonyl (C=O) groups excluding carboxylic acids is 1. The van der Waals surface area contributed by atoms with Crippen LogP contribution in [0.4, 0.5) is 0 Å². The molecule has 0 atom stereocenters. The summed E-state index contributed by atoms with van der Waals surface area (Å²) in [6.45, 7) is 8.63. The minimum Gasteiger partial charge on any atom is -0.339 e. The van der Waals surface area contributed by atoms with Gasteiger partial charge in [0.15, 0.2) is 0 Å². The molecule has 2 heterocycles. The molecule has 2 aliphatic rings. The van der Waals surface area contributed by atoms with Crippen molar-refractivity contribution in [3.05, 3.63) is 65.7 Å². The zero-order chi connectivity index (χ0) is 23.3. The van der Waals surface area contributed by atoms with Gasteiger partial charge in [-0.2, -0.15) is 4.31 Å². The fourth-order valence-electron chi connectivity index (χ4n) is 4.51. The first-order valence-electron chi connectivity index (χ1n) is 11.7. The van der Waals surface area contributed by atoms with Crippen LogP contribution in [-0.4, -0.2) is 92.2 Å². The lowest BCUT2D eigenvalue weighted by Crippen LogP contribution is -2.52. The molecule has 0 saturated carbocycles. The molecule has 0 radical (unpaired) electrons. The summed E-state index contributed by atoms with van der Waals surface area (Å²) in [4.78, 5) is 19.7. The number of rotatable bonds is 6. The smallest absolute Gasteiger partial charge is 0.243 e. The van der Waals surface area contributed by atoms with Gasteiger partial charge in [-0.3, -0.25) is 14.6 Å². The number of nitrogens with zero attached hydrogens (tertiary/aromatic N) is 4. The van der Waals surface area contributed by atoms with Crippen molar-refractivity contribution in [2.24, 2.45) is 0 Å². The van der Waals surface area contributed by atoms with Crippen molar-refractivity contribution < 1.29 is 13.2 Å². The van der Waals surface area contributed by atoms with Gasteiger partial charge in [-0.25, -0.2) is 8.42 Å². The number of hydrogen-bond acceptors (Lipinski definition) is 5. The second-order valence-corrected chi connectivity index (χ2v) is 10.9. The second kappa shape index (κ2) is 10.8. The molecule has 178 valence electrons. The highest BCUT2D eigenvalue weighted by molar-refractivity contribution is 7.89. The van der Waals surface area contributed by atoms with E-state index in [2.05, 4.69) is 34.1 Å². The molecule has 8 heteroatoms. The van der Waals surface area contributed by atoms with Crippen molar-refractivity contribution >= 4 is 15.9 Å². The van der Waals surface area contributed by atoms with E-state index in [1.807, 2.05) is 30.0 Å². The van der Waals surface area contributed by atoms with Crippen molar-refractivity contribution in [1.29, 1.82) is 0 Å². The third-order valence-corrected chi connectivity index (χ3v) is 8.45. The maximum absolute atomic E-state index is 12.9. The van der Waals surface area contributed by atoms with Crippen LogP contribution in [0.1, 0.15) is 17.5 Å². The van der Waals surface area contributed by atoms with E-state index in [1.54, 1.807) is 12.1 Å². The third-order valence-electron chi connectivity index (χ3n) is 6.54. The lowest BCUT2D eigenvalue weighted by Gasteiger charge is -2.35. The number of carbonyl (C=O) groups is 1. The minimum atomic E-state index is -3.51. The molecule has 2 aliphatic heterocycles. The van der Waals surface area contributed by atoms with Crippen LogP contribution in [-0.2, 0) is 21.4 Å². The van der Waals surface area contributed by atoms with Crippen molar-refractivity contribution in [2.75, 3.05) is 58.9 Å². The third kappa shape index (κ3) is 6.20. The van der Waals surface area contributed by atoms with Crippen LogP contribution >= 0.6 is 0 Å². The van der Waals surface area contributed by atoms with Gasteiger partial charge in [0.25, 0.3) is 0 Å². The van der Waals surface area contributed by atoms with Crippen molar-refractivity contribution in [3.8, 4) is 0 Å². The van der Waals surface area contributed by atoms with Gasteiger partial charge in [-0.15, -0.1) is 0 Å². The SMILES string of the molecule is Cc1ccc(S(=O)(=O)N2CCN(C(=O)CN3CCCN(Cc4ccccc4)CC3)CC2)cc1. The highest BCUT2D eigenvalue weighted by Crippen LogP contribution is 2.18. The summed E-state index contributed by atoms with van der Waals surface area (Å²) in [7, 11) is -3.51. The van der Waals surface area contributed by atoms with Crippen LogP contribution in [0.15, 0.2) is 59.5 Å². The first-order valence-corrected chi connectivity index (χ1v) is 13.2. The molecule has 0 spiro atoms. The Hall–Kier alpha value is -2.26. The van der Waals surface area contributed by atoms with Gasteiger partial charge in [0, 0.05) is 45.8 Å². The van der Waals surface area contributed by atoms with Gasteiger partial charge in [0.05, 0.1) is 11.4 Å². The van der Waals surface area contributed by atoms with Gasteiger partial charge >= 0.3 is 0 Å². The first-order chi connectivity index (χ1) is 15.9. The highest BCUT2D eigenvalue weighted by Gasteiger charge is 2.30. The number of sulfonamides is 1. The maximum atomic E-state index is 12.9. The molecule has 0 N–H and O–H groups in total. The Labute approximate surface area is 197 Å². The summed E-state index contributed by atoms with van der Waals surface area (Å²) >= 11 is 0. The summed E-state index contributed by atoms with van der Waals surface area (Å²) in [6, 6.07) is 17.4. The summed E-state index contributed by atoms with van der Waals surface area (Å²) < 4.78 is 27.3. The number of amides is 1. The van der Waals surface area contributed by atoms with E-state index in [-0.39, 0.29) is 5.91 Å². The minimum absolute atomic E-state index is 0.0962. The fraction of sp³-hybridized carbons (Fsp3) is 0.480. The first kappa shape index (κ1) is 23.9. The zero-order valence-corrected chi connectivity index (χ0v) is 20.2. The number of piperazine rings is 1. The summed E-state index contributed by atoms with van der Waals surface area (Å²) in [6.07, 6.45) is 1.04. The molecule has 7 nitrogen and oxygen atoms in total. The van der Waals surface area contributed by atoms with Crippen LogP contribution in [0.2, 0.25) is 0 Å². The molecule has 0 bridgehead atoms. The molecular formula is C25H34N4O3S. The Balaban J connectivity index is 1.25. The van der Waals surface area contributed by atoms with Crippen molar-refractivity contribution in [2.45, 2.75) is 24.8 Å². The van der Waals surface area contributed by atoms with E-state index in [9.17, 15) is 13.2 Å². The molecule has 2 fully saturated rings. The van der Waals surface area contributed by atoms with Gasteiger partial charge in [0.1, 0.15) is 0 Å². The molecule has 2 aromatic rings. The molecule has 0 aromatic heterocycles. The van der Waals surface area contributed by atoms with Crippen molar-refractivity contribution in [3.63, 3.8) is 0 Å². The Morgan fingerprint density at radius 2 is 1.42 bits per heavy atom. The second-order valence-electron chi connectivity index (χ2n) is 8.99. The molecule has 0 unspecified atom stereocenters. The van der Waals surface area contributed by atoms with Crippen LogP contribution in [0.25, 0.3) is 0 Å². The molecule has 0 aliphatic carbocycles. The predicted octanol–water partition coefficient (Wildman–Crippen LogP) is 2.04. The molecule has 1 amide bonds. The molecule has 2 saturated heterocycles. The summed E-state index contributed by atoms with van der Waals surface area (Å²) in [5.74, 6) is 0.0962. The molecule has 2 aromatic carbocycles. The monoisotopic (exact) mass is 470 g/mol. The van der Waals surface area contributed by atoms with Crippen LogP contribution in [0, 0.1) is 6.92 Å². The molecule has 4 rings (SSSR count). The zero-order valence-electron chi connectivity index (χ0n) is 19.4. The van der Waals surface area contributed by atoms with E-state index in [0.29, 0.717) is 37.6 Å². The van der Waals surface area contributed by atoms with Gasteiger partial charge in [-0.1, -0.05) is 48.0 Å². The Morgan fingerprint density at radius 1 is 0.788 bits per heavy atom. The Bertz CT molecular complexity index is 1020. The summed E-state index contributed by atoms with van der Waals surface area (Å²) in [5, 5.41) is 0. The topological polar surface area (TPSA) is 64.2 Å². The molecule has 33 heavy (non-hydrogen) atoms. The van der Waals surface area contributed by atoms with Crippen molar-refractivity contribution in [1.82, 2.24) is 19.0 Å². The lowest BCUT2D eigenvalue weighted by molar-refractivity contribution is -0.133. The van der Waals surface area contributed by atoms with E-state index in [1.165, 1.54) is 9.87 Å². The highest BCUT2D eigenvalue weighted by atomic mass is 32.2. The number of aryl methyl sites for hydroxylation is 1. The predicted molar refractivity (Wildman–Crippen MR) is 129 cm³/mol. The van der Waals surface area contributed by atoms with Crippen LogP contribution < -0.4 is 0 Å². The van der Waals surface area contributed by atoms with Gasteiger partial charge in [-0.05, 0) is 44.1 Å². The maximum Gasteiger partial charge on any atom is 0.243 e. The van der Waals surface area contributed by atoms with E-state index in [4.69, 9.17) is 0 Å². The van der Waals surface area contributed by atoms with E-state index in [0.717, 1.165) is 44.7 Å². The quantitative estimate of drug-likeness (QED) is 0.647. The average Bonchev–Trinajstić information content (AvgIpc) is 3.05. The molecular weight excluding hydrogens is 436 g/mol. The normalized spacial score (nSPS) is 19.4. The summed E-state index contributed by atoms with van der Waals surface area (Å²) in [5.41, 5.74) is 2.35. The van der Waals surface area contributed by atoms with E-state index >= 15 is 0 Å². The van der Waals surface area contributed by atoms with E-state index < -0.39 is 10.0 Å². The van der Waals surface area contributed by atoms with Gasteiger partial charge in [0.2, 0.25) is 15.9 Å². The van der Waals surface area contributed by atoms with Crippen LogP contribution in [0.3, 0.4) is 0 Å². The Morgan fingerprint density at radius 3 is 2.12 bits per heavy atom. The average molecular weight is 471 g/mol. The standard InChI is InChI=1S/C25H34N4O3S/c1-22-8-10-24(11-9-22)33(31,32)29-18-16-28(17-19-29)25(30)21-27-13-5-12-26(14-15-27)20-23-6-3-2-4-7-23/h2-4,6-11H,5,12-21H2,1H3.